The Bertz CT molecular complexity index is 1040. The number of benzene rings is 1. The lowest BCUT2D eigenvalue weighted by atomic mass is 9.83. The number of ether oxygens (including phenoxy) is 1. The maximum absolute atomic E-state index is 13.2. The molecule has 2 aliphatic rings. The van der Waals surface area contributed by atoms with E-state index in [4.69, 9.17) is 9.72 Å². The summed E-state index contributed by atoms with van der Waals surface area (Å²) in [5.74, 6) is 0.739. The number of hydrogen-bond acceptors (Lipinski definition) is 5. The number of H-pyrrole nitrogens is 1. The molecule has 7 nitrogen and oxygen atoms in total. The normalized spacial score (nSPS) is 17.9. The molecule has 148 valence electrons. The Morgan fingerprint density at radius 1 is 1.17 bits per heavy atom. The molecule has 4 heterocycles. The molecule has 1 amide bonds. The molecule has 1 fully saturated rings. The van der Waals surface area contributed by atoms with Crippen molar-refractivity contribution in [2.75, 3.05) is 19.7 Å². The number of carbonyl (C=O) groups excluding carboxylic acids is 1. The Morgan fingerprint density at radius 2 is 1.97 bits per heavy atom. The molecule has 3 aromatic rings. The first-order chi connectivity index (χ1) is 14.2. The molecule has 0 atom stereocenters. The van der Waals surface area contributed by atoms with Crippen molar-refractivity contribution in [3.05, 3.63) is 65.6 Å². The van der Waals surface area contributed by atoms with Gasteiger partial charge in [-0.05, 0) is 31.7 Å². The van der Waals surface area contributed by atoms with Gasteiger partial charge in [-0.3, -0.25) is 4.79 Å². The van der Waals surface area contributed by atoms with Crippen LogP contribution in [0, 0.1) is 6.92 Å². The lowest BCUT2D eigenvalue weighted by Gasteiger charge is -2.44. The quantitative estimate of drug-likeness (QED) is 0.729. The van der Waals surface area contributed by atoms with Crippen LogP contribution in [-0.2, 0) is 16.8 Å². The van der Waals surface area contributed by atoms with Gasteiger partial charge in [-0.1, -0.05) is 30.3 Å². The first-order valence-electron chi connectivity index (χ1n) is 10.0. The third-order valence-electron chi connectivity index (χ3n) is 5.93. The van der Waals surface area contributed by atoms with Crippen LogP contribution in [0.4, 0.5) is 0 Å². The molecule has 0 saturated carbocycles. The molecule has 1 spiro atoms. The Morgan fingerprint density at radius 3 is 2.76 bits per heavy atom. The topological polar surface area (TPSA) is 84.0 Å². The molecule has 1 aromatic carbocycles. The number of carbonyl (C=O) groups is 1. The summed E-state index contributed by atoms with van der Waals surface area (Å²) in [5.41, 5.74) is 3.93. The fraction of sp³-hybridized carbons (Fsp3) is 0.364. The summed E-state index contributed by atoms with van der Waals surface area (Å²) < 4.78 is 6.25. The molecule has 1 N–H and O–H groups in total. The molecule has 5 rings (SSSR count). The molecule has 0 unspecified atom stereocenters. The number of imidazole rings is 1. The minimum absolute atomic E-state index is 0.0221. The van der Waals surface area contributed by atoms with Gasteiger partial charge in [0.15, 0.2) is 0 Å². The summed E-state index contributed by atoms with van der Waals surface area (Å²) in [6, 6.07) is 9.78. The van der Waals surface area contributed by atoms with E-state index in [2.05, 4.69) is 15.0 Å². The zero-order valence-electron chi connectivity index (χ0n) is 16.4. The van der Waals surface area contributed by atoms with Crippen LogP contribution in [-0.4, -0.2) is 50.4 Å². The van der Waals surface area contributed by atoms with Crippen molar-refractivity contribution in [2.45, 2.75) is 31.8 Å². The number of piperidine rings is 1. The second kappa shape index (κ2) is 7.08. The van der Waals surface area contributed by atoms with Crippen molar-refractivity contribution < 1.29 is 9.53 Å². The Balaban J connectivity index is 1.37. The minimum atomic E-state index is -0.408. The molecule has 0 aliphatic carbocycles. The molecule has 0 radical (unpaired) electrons. The fourth-order valence-corrected chi connectivity index (χ4v) is 4.38. The maximum Gasteiger partial charge on any atom is 0.272 e. The standard InChI is InChI=1S/C22H23N5O2/c1-15-23-13-17-7-12-29-22(20(17)26-15)8-10-27(11-9-22)21(28)19-18(24-14-25-19)16-5-3-2-4-6-16/h2-6,13-14H,7-12H2,1H3,(H,24,25). The summed E-state index contributed by atoms with van der Waals surface area (Å²) in [5, 5.41) is 0. The molecule has 7 heteroatoms. The number of hydrogen-bond donors (Lipinski definition) is 1. The first-order valence-corrected chi connectivity index (χ1v) is 10.0. The van der Waals surface area contributed by atoms with Crippen molar-refractivity contribution in [1.29, 1.82) is 0 Å². The Kier molecular flexibility index (Phi) is 4.39. The molecule has 2 aliphatic heterocycles. The second-order valence-electron chi connectivity index (χ2n) is 7.67. The van der Waals surface area contributed by atoms with Gasteiger partial charge in [-0.15, -0.1) is 0 Å². The highest BCUT2D eigenvalue weighted by molar-refractivity contribution is 5.98. The number of aryl methyl sites for hydroxylation is 1. The van der Waals surface area contributed by atoms with Gasteiger partial charge < -0.3 is 14.6 Å². The third-order valence-corrected chi connectivity index (χ3v) is 5.93. The van der Waals surface area contributed by atoms with Crippen molar-refractivity contribution in [3.63, 3.8) is 0 Å². The molecule has 0 bridgehead atoms. The van der Waals surface area contributed by atoms with E-state index in [0.29, 0.717) is 31.1 Å². The SMILES string of the molecule is Cc1ncc2c(n1)C1(CCN(C(=O)c3[nH]cnc3-c3ccccc3)CC1)OCC2. The average Bonchev–Trinajstić information content (AvgIpc) is 3.25. The average molecular weight is 389 g/mol. The van der Waals surface area contributed by atoms with E-state index in [1.54, 1.807) is 6.33 Å². The van der Waals surface area contributed by atoms with Crippen LogP contribution < -0.4 is 0 Å². The summed E-state index contributed by atoms with van der Waals surface area (Å²) in [4.78, 5) is 31.6. The van der Waals surface area contributed by atoms with Crippen molar-refractivity contribution in [1.82, 2.24) is 24.8 Å². The van der Waals surface area contributed by atoms with Gasteiger partial charge in [0, 0.05) is 24.8 Å². The van der Waals surface area contributed by atoms with Crippen molar-refractivity contribution in [3.8, 4) is 11.3 Å². The highest BCUT2D eigenvalue weighted by Crippen LogP contribution is 2.40. The monoisotopic (exact) mass is 389 g/mol. The summed E-state index contributed by atoms with van der Waals surface area (Å²) in [6.45, 7) is 3.82. The highest BCUT2D eigenvalue weighted by atomic mass is 16.5. The largest absolute Gasteiger partial charge is 0.368 e. The van der Waals surface area contributed by atoms with Gasteiger partial charge >= 0.3 is 0 Å². The van der Waals surface area contributed by atoms with E-state index in [-0.39, 0.29) is 5.91 Å². The number of nitrogens with one attached hydrogen (secondary N) is 1. The number of rotatable bonds is 2. The van der Waals surface area contributed by atoms with Crippen LogP contribution in [0.25, 0.3) is 11.3 Å². The summed E-state index contributed by atoms with van der Waals surface area (Å²) in [7, 11) is 0. The van der Waals surface area contributed by atoms with E-state index >= 15 is 0 Å². The van der Waals surface area contributed by atoms with Gasteiger partial charge in [0.25, 0.3) is 5.91 Å². The molecule has 1 saturated heterocycles. The van der Waals surface area contributed by atoms with Gasteiger partial charge in [-0.2, -0.15) is 0 Å². The van der Waals surface area contributed by atoms with Gasteiger partial charge in [0.2, 0.25) is 0 Å². The number of aromatic nitrogens is 4. The fourth-order valence-electron chi connectivity index (χ4n) is 4.38. The van der Waals surface area contributed by atoms with Crippen LogP contribution in [0.1, 0.15) is 40.4 Å². The Hall–Kier alpha value is -3.06. The minimum Gasteiger partial charge on any atom is -0.368 e. The zero-order valence-corrected chi connectivity index (χ0v) is 16.4. The smallest absolute Gasteiger partial charge is 0.272 e. The van der Waals surface area contributed by atoms with Gasteiger partial charge in [0.05, 0.1) is 18.6 Å². The maximum atomic E-state index is 13.2. The van der Waals surface area contributed by atoms with Crippen LogP contribution >= 0.6 is 0 Å². The first kappa shape index (κ1) is 18.0. The summed E-state index contributed by atoms with van der Waals surface area (Å²) >= 11 is 0. The molecular weight excluding hydrogens is 366 g/mol. The van der Waals surface area contributed by atoms with Crippen molar-refractivity contribution >= 4 is 5.91 Å². The predicted molar refractivity (Wildman–Crippen MR) is 107 cm³/mol. The van der Waals surface area contributed by atoms with E-state index in [0.717, 1.165) is 36.3 Å². The third kappa shape index (κ3) is 3.11. The summed E-state index contributed by atoms with van der Waals surface area (Å²) in [6.07, 6.45) is 5.82. The van der Waals surface area contributed by atoms with Crippen LogP contribution in [0.5, 0.6) is 0 Å². The van der Waals surface area contributed by atoms with E-state index < -0.39 is 5.60 Å². The zero-order chi connectivity index (χ0) is 19.8. The molecule has 29 heavy (non-hydrogen) atoms. The molecule has 2 aromatic heterocycles. The number of nitrogens with zero attached hydrogens (tertiary/aromatic N) is 4. The number of amides is 1. The number of fused-ring (bicyclic) bond motifs is 2. The predicted octanol–water partition coefficient (Wildman–Crippen LogP) is 2.88. The van der Waals surface area contributed by atoms with E-state index in [1.165, 1.54) is 5.56 Å². The lowest BCUT2D eigenvalue weighted by molar-refractivity contribution is -0.0969. The van der Waals surface area contributed by atoms with Gasteiger partial charge in [-0.25, -0.2) is 15.0 Å². The van der Waals surface area contributed by atoms with Crippen LogP contribution in [0.3, 0.4) is 0 Å². The second-order valence-corrected chi connectivity index (χ2v) is 7.67. The van der Waals surface area contributed by atoms with Crippen LogP contribution in [0.15, 0.2) is 42.9 Å². The van der Waals surface area contributed by atoms with Crippen molar-refractivity contribution in [2.24, 2.45) is 0 Å². The van der Waals surface area contributed by atoms with E-state index in [1.807, 2.05) is 48.4 Å². The van der Waals surface area contributed by atoms with Crippen LogP contribution in [0.2, 0.25) is 0 Å². The van der Waals surface area contributed by atoms with Gasteiger partial charge in [0.1, 0.15) is 22.8 Å². The molecular formula is C22H23N5O2. The number of likely N-dealkylation sites (tertiary alicyclic amines) is 1. The lowest BCUT2D eigenvalue weighted by Crippen LogP contribution is -2.49. The Labute approximate surface area is 169 Å². The highest BCUT2D eigenvalue weighted by Gasteiger charge is 2.43. The number of aromatic amines is 1. The van der Waals surface area contributed by atoms with E-state index in [9.17, 15) is 4.79 Å².